The first-order valence-corrected chi connectivity index (χ1v) is 11.0. The molecule has 4 saturated carbocycles. The lowest BCUT2D eigenvalue weighted by Crippen LogP contribution is -2.59. The molecule has 0 amide bonds. The standard InChI is InChI=1S/C23H36O3/c1-5-21(25)26-20-13-16(24)12-15-7-8-17-18-9-6-14(2)22(18,3)11-10-19(17)23(15,20)4/h14-15,17-20H,5-13H2,1-4H3/t14?,15?,17-,18-,19+,20?,22+,23-/m0/s1. The first-order chi connectivity index (χ1) is 12.3. The molecule has 8 atom stereocenters. The summed E-state index contributed by atoms with van der Waals surface area (Å²) in [5.41, 5.74) is 0.499. The minimum atomic E-state index is -0.197. The first-order valence-electron chi connectivity index (χ1n) is 11.0. The molecule has 4 aliphatic carbocycles. The quantitative estimate of drug-likeness (QED) is 0.638. The normalized spacial score (nSPS) is 50.5. The van der Waals surface area contributed by atoms with Crippen LogP contribution in [0.25, 0.3) is 0 Å². The summed E-state index contributed by atoms with van der Waals surface area (Å²) in [5, 5.41) is 0. The van der Waals surface area contributed by atoms with Crippen molar-refractivity contribution in [3.05, 3.63) is 0 Å². The Morgan fingerprint density at radius 1 is 1.08 bits per heavy atom. The Balaban J connectivity index is 1.66. The lowest BCUT2D eigenvalue weighted by molar-refractivity contribution is -0.191. The fourth-order valence-electron chi connectivity index (χ4n) is 7.75. The Morgan fingerprint density at radius 2 is 1.85 bits per heavy atom. The van der Waals surface area contributed by atoms with E-state index in [1.54, 1.807) is 0 Å². The molecule has 0 radical (unpaired) electrons. The molecule has 4 aliphatic rings. The highest BCUT2D eigenvalue weighted by Gasteiger charge is 2.62. The number of rotatable bonds is 2. The van der Waals surface area contributed by atoms with Crippen LogP contribution < -0.4 is 0 Å². The SMILES string of the molecule is CCC(=O)OC1CC(=O)CC2CC[C@@H]3[C@@H](CC[C@]4(C)C(C)CC[C@@H]34)[C@]21C. The van der Waals surface area contributed by atoms with E-state index in [1.165, 1.54) is 32.1 Å². The molecular weight excluding hydrogens is 324 g/mol. The molecule has 0 aromatic rings. The number of hydrogen-bond donors (Lipinski definition) is 0. The van der Waals surface area contributed by atoms with Gasteiger partial charge in [-0.1, -0.05) is 27.7 Å². The van der Waals surface area contributed by atoms with Crippen molar-refractivity contribution in [2.24, 2.45) is 40.4 Å². The summed E-state index contributed by atoms with van der Waals surface area (Å²) < 4.78 is 5.93. The molecule has 0 N–H and O–H groups in total. The molecule has 0 aromatic heterocycles. The minimum absolute atomic E-state index is 0.00514. The van der Waals surface area contributed by atoms with E-state index in [1.807, 2.05) is 6.92 Å². The Kier molecular flexibility index (Phi) is 4.51. The molecule has 26 heavy (non-hydrogen) atoms. The van der Waals surface area contributed by atoms with Crippen molar-refractivity contribution >= 4 is 11.8 Å². The van der Waals surface area contributed by atoms with E-state index < -0.39 is 0 Å². The average Bonchev–Trinajstić information content (AvgIpc) is 2.91. The van der Waals surface area contributed by atoms with Gasteiger partial charge in [-0.15, -0.1) is 0 Å². The van der Waals surface area contributed by atoms with Gasteiger partial charge in [0, 0.05) is 24.7 Å². The zero-order valence-corrected chi connectivity index (χ0v) is 17.1. The molecule has 0 bridgehead atoms. The van der Waals surface area contributed by atoms with Gasteiger partial charge in [-0.2, -0.15) is 0 Å². The molecule has 4 fully saturated rings. The van der Waals surface area contributed by atoms with E-state index in [9.17, 15) is 9.59 Å². The molecular formula is C23H36O3. The van der Waals surface area contributed by atoms with Gasteiger partial charge in [0.15, 0.2) is 0 Å². The smallest absolute Gasteiger partial charge is 0.305 e. The van der Waals surface area contributed by atoms with Gasteiger partial charge in [-0.25, -0.2) is 0 Å². The van der Waals surface area contributed by atoms with Crippen molar-refractivity contribution in [1.82, 2.24) is 0 Å². The van der Waals surface area contributed by atoms with Crippen molar-refractivity contribution in [2.45, 2.75) is 91.6 Å². The summed E-state index contributed by atoms with van der Waals surface area (Å²) in [7, 11) is 0. The van der Waals surface area contributed by atoms with Crippen LogP contribution >= 0.6 is 0 Å². The van der Waals surface area contributed by atoms with Crippen LogP contribution in [0.15, 0.2) is 0 Å². The van der Waals surface area contributed by atoms with Gasteiger partial charge in [-0.05, 0) is 73.5 Å². The molecule has 146 valence electrons. The lowest BCUT2D eigenvalue weighted by Gasteiger charge is -2.61. The van der Waals surface area contributed by atoms with Crippen LogP contribution in [-0.4, -0.2) is 17.9 Å². The Labute approximate surface area is 158 Å². The van der Waals surface area contributed by atoms with E-state index in [0.29, 0.717) is 42.3 Å². The van der Waals surface area contributed by atoms with Gasteiger partial charge in [0.2, 0.25) is 0 Å². The van der Waals surface area contributed by atoms with E-state index in [0.717, 1.165) is 24.2 Å². The van der Waals surface area contributed by atoms with Gasteiger partial charge in [0.25, 0.3) is 0 Å². The number of carbonyl (C=O) groups is 2. The monoisotopic (exact) mass is 360 g/mol. The Hall–Kier alpha value is -0.860. The zero-order chi connectivity index (χ0) is 18.7. The summed E-state index contributed by atoms with van der Waals surface area (Å²) in [5.74, 6) is 3.61. The second-order valence-electron chi connectivity index (χ2n) is 10.3. The maximum Gasteiger partial charge on any atom is 0.305 e. The van der Waals surface area contributed by atoms with Crippen LogP contribution in [-0.2, 0) is 14.3 Å². The molecule has 4 rings (SSSR count). The average molecular weight is 361 g/mol. The van der Waals surface area contributed by atoms with Crippen LogP contribution in [0.3, 0.4) is 0 Å². The predicted octanol–water partition coefficient (Wildman–Crippen LogP) is 5.17. The van der Waals surface area contributed by atoms with Crippen molar-refractivity contribution in [1.29, 1.82) is 0 Å². The number of hydrogen-bond acceptors (Lipinski definition) is 3. The molecule has 3 unspecified atom stereocenters. The van der Waals surface area contributed by atoms with E-state index in [2.05, 4.69) is 20.8 Å². The third-order valence-corrected chi connectivity index (χ3v) is 9.58. The highest BCUT2D eigenvalue weighted by atomic mass is 16.5. The third-order valence-electron chi connectivity index (χ3n) is 9.58. The van der Waals surface area contributed by atoms with Crippen molar-refractivity contribution in [3.63, 3.8) is 0 Å². The van der Waals surface area contributed by atoms with Gasteiger partial charge < -0.3 is 4.74 Å². The van der Waals surface area contributed by atoms with Crippen LogP contribution in [0, 0.1) is 40.4 Å². The molecule has 3 heteroatoms. The number of ether oxygens (including phenoxy) is 1. The number of esters is 1. The van der Waals surface area contributed by atoms with Crippen molar-refractivity contribution in [3.8, 4) is 0 Å². The van der Waals surface area contributed by atoms with Gasteiger partial charge in [-0.3, -0.25) is 9.59 Å². The highest BCUT2D eigenvalue weighted by Crippen LogP contribution is 2.67. The van der Waals surface area contributed by atoms with Gasteiger partial charge in [0.1, 0.15) is 11.9 Å². The summed E-state index contributed by atoms with van der Waals surface area (Å²) in [6, 6.07) is 0. The van der Waals surface area contributed by atoms with Crippen LogP contribution in [0.1, 0.15) is 85.5 Å². The summed E-state index contributed by atoms with van der Waals surface area (Å²) in [6.07, 6.45) is 9.08. The number of carbonyl (C=O) groups excluding carboxylic acids is 2. The van der Waals surface area contributed by atoms with Gasteiger partial charge in [0.05, 0.1) is 0 Å². The highest BCUT2D eigenvalue weighted by molar-refractivity contribution is 5.81. The first kappa shape index (κ1) is 18.5. The minimum Gasteiger partial charge on any atom is -0.461 e. The molecule has 3 nitrogen and oxygen atoms in total. The van der Waals surface area contributed by atoms with E-state index in [-0.39, 0.29) is 17.5 Å². The van der Waals surface area contributed by atoms with Crippen LogP contribution in [0.4, 0.5) is 0 Å². The number of fused-ring (bicyclic) bond motifs is 5. The summed E-state index contributed by atoms with van der Waals surface area (Å²) in [6.45, 7) is 9.22. The van der Waals surface area contributed by atoms with Crippen LogP contribution in [0.2, 0.25) is 0 Å². The second kappa shape index (κ2) is 6.34. The maximum atomic E-state index is 12.4. The largest absolute Gasteiger partial charge is 0.461 e. The molecule has 0 spiro atoms. The third kappa shape index (κ3) is 2.52. The Bertz CT molecular complexity index is 598. The van der Waals surface area contributed by atoms with E-state index >= 15 is 0 Å². The molecule has 0 heterocycles. The molecule has 0 saturated heterocycles. The van der Waals surface area contributed by atoms with Crippen molar-refractivity contribution < 1.29 is 14.3 Å². The lowest BCUT2D eigenvalue weighted by atomic mass is 9.44. The summed E-state index contributed by atoms with van der Waals surface area (Å²) in [4.78, 5) is 24.5. The van der Waals surface area contributed by atoms with Crippen molar-refractivity contribution in [2.75, 3.05) is 0 Å². The zero-order valence-electron chi connectivity index (χ0n) is 17.1. The molecule has 0 aromatic carbocycles. The number of ketones is 1. The van der Waals surface area contributed by atoms with Gasteiger partial charge >= 0.3 is 5.97 Å². The maximum absolute atomic E-state index is 12.4. The topological polar surface area (TPSA) is 43.4 Å². The van der Waals surface area contributed by atoms with E-state index in [4.69, 9.17) is 4.74 Å². The number of Topliss-reactive ketones (excluding diaryl/α,β-unsaturated/α-hetero) is 1. The summed E-state index contributed by atoms with van der Waals surface area (Å²) >= 11 is 0. The van der Waals surface area contributed by atoms with Crippen LogP contribution in [0.5, 0.6) is 0 Å². The second-order valence-corrected chi connectivity index (χ2v) is 10.3. The predicted molar refractivity (Wildman–Crippen MR) is 101 cm³/mol. The Morgan fingerprint density at radius 3 is 2.58 bits per heavy atom. The fourth-order valence-corrected chi connectivity index (χ4v) is 7.75. The fraction of sp³-hybridized carbons (Fsp3) is 0.913. The molecule has 0 aliphatic heterocycles.